The molecule has 3 N–H and O–H groups in total. The Balaban J connectivity index is 2.84. The van der Waals surface area contributed by atoms with Crippen LogP contribution in [0.2, 0.25) is 5.02 Å². The molecule has 0 saturated heterocycles. The molecule has 15 heavy (non-hydrogen) atoms. The fourth-order valence-electron chi connectivity index (χ4n) is 0.990. The van der Waals surface area contributed by atoms with Gasteiger partial charge >= 0.3 is 0 Å². The van der Waals surface area contributed by atoms with Crippen molar-refractivity contribution in [2.24, 2.45) is 0 Å². The number of hydrogen-bond donors (Lipinski definition) is 2. The minimum Gasteiger partial charge on any atom is -0.398 e. The van der Waals surface area contributed by atoms with Crippen molar-refractivity contribution in [3.05, 3.63) is 28.8 Å². The van der Waals surface area contributed by atoms with Crippen LogP contribution in [-0.4, -0.2) is 11.9 Å². The number of carbonyl (C=O) groups is 1. The summed E-state index contributed by atoms with van der Waals surface area (Å²) in [6.07, 6.45) is 5.14. The minimum absolute atomic E-state index is 0.262. The standard InChI is InChI=1S/C11H11ClN2O/c1-3-7(2)14-11(15)8-4-5-10(13)9(12)6-8/h1,4-7H,13H2,2H3,(H,14,15). The van der Waals surface area contributed by atoms with E-state index in [2.05, 4.69) is 11.2 Å². The summed E-state index contributed by atoms with van der Waals surface area (Å²) in [5, 5.41) is 2.98. The Bertz CT molecular complexity index is 423. The highest BCUT2D eigenvalue weighted by atomic mass is 35.5. The third-order valence-electron chi connectivity index (χ3n) is 1.86. The van der Waals surface area contributed by atoms with Crippen LogP contribution >= 0.6 is 11.6 Å². The predicted molar refractivity (Wildman–Crippen MR) is 61.6 cm³/mol. The smallest absolute Gasteiger partial charge is 0.252 e. The van der Waals surface area contributed by atoms with Crippen molar-refractivity contribution >= 4 is 23.2 Å². The van der Waals surface area contributed by atoms with Gasteiger partial charge < -0.3 is 11.1 Å². The van der Waals surface area contributed by atoms with Crippen LogP contribution in [0.5, 0.6) is 0 Å². The largest absolute Gasteiger partial charge is 0.398 e. The van der Waals surface area contributed by atoms with E-state index in [1.165, 1.54) is 6.07 Å². The normalized spacial score (nSPS) is 11.5. The molecule has 0 aliphatic heterocycles. The number of nitrogens with two attached hydrogens (primary N) is 1. The molecule has 1 aromatic rings. The average Bonchev–Trinajstić information content (AvgIpc) is 2.21. The summed E-state index contributed by atoms with van der Waals surface area (Å²) in [7, 11) is 0. The molecule has 3 nitrogen and oxygen atoms in total. The van der Waals surface area contributed by atoms with E-state index < -0.39 is 0 Å². The van der Waals surface area contributed by atoms with E-state index in [1.54, 1.807) is 19.1 Å². The zero-order valence-electron chi connectivity index (χ0n) is 8.25. The van der Waals surface area contributed by atoms with Gasteiger partial charge in [-0.1, -0.05) is 17.5 Å². The van der Waals surface area contributed by atoms with Gasteiger partial charge in [0.05, 0.1) is 16.8 Å². The molecular weight excluding hydrogens is 212 g/mol. The second kappa shape index (κ2) is 4.72. The molecule has 1 amide bonds. The van der Waals surface area contributed by atoms with Crippen molar-refractivity contribution in [2.75, 3.05) is 5.73 Å². The van der Waals surface area contributed by atoms with Gasteiger partial charge in [-0.25, -0.2) is 0 Å². The summed E-state index contributed by atoms with van der Waals surface area (Å²) in [4.78, 5) is 11.6. The average molecular weight is 223 g/mol. The Morgan fingerprint density at radius 1 is 1.67 bits per heavy atom. The van der Waals surface area contributed by atoms with Gasteiger partial charge in [0.2, 0.25) is 0 Å². The zero-order valence-corrected chi connectivity index (χ0v) is 9.01. The van der Waals surface area contributed by atoms with Crippen LogP contribution in [0.25, 0.3) is 0 Å². The van der Waals surface area contributed by atoms with Gasteiger partial charge in [0.25, 0.3) is 5.91 Å². The van der Waals surface area contributed by atoms with Gasteiger partial charge in [-0.05, 0) is 25.1 Å². The lowest BCUT2D eigenvalue weighted by Crippen LogP contribution is -2.31. The Labute approximate surface area is 93.6 Å². The first-order chi connectivity index (χ1) is 7.04. The fourth-order valence-corrected chi connectivity index (χ4v) is 1.17. The van der Waals surface area contributed by atoms with Gasteiger partial charge in [0.1, 0.15) is 0 Å². The summed E-state index contributed by atoms with van der Waals surface area (Å²) < 4.78 is 0. The van der Waals surface area contributed by atoms with E-state index in [-0.39, 0.29) is 11.9 Å². The van der Waals surface area contributed by atoms with Gasteiger partial charge in [0, 0.05) is 5.56 Å². The van der Waals surface area contributed by atoms with Crippen molar-refractivity contribution < 1.29 is 4.79 Å². The van der Waals surface area contributed by atoms with E-state index in [4.69, 9.17) is 23.8 Å². The number of rotatable bonds is 2. The molecule has 1 atom stereocenters. The first-order valence-corrected chi connectivity index (χ1v) is 4.74. The van der Waals surface area contributed by atoms with Crippen molar-refractivity contribution in [3.63, 3.8) is 0 Å². The van der Waals surface area contributed by atoms with Crippen molar-refractivity contribution in [3.8, 4) is 12.3 Å². The van der Waals surface area contributed by atoms with Crippen LogP contribution in [0, 0.1) is 12.3 Å². The van der Waals surface area contributed by atoms with Gasteiger partial charge in [-0.15, -0.1) is 6.42 Å². The number of carbonyl (C=O) groups excluding carboxylic acids is 1. The molecule has 0 saturated carbocycles. The lowest BCUT2D eigenvalue weighted by Gasteiger charge is -2.08. The van der Waals surface area contributed by atoms with E-state index >= 15 is 0 Å². The van der Waals surface area contributed by atoms with Crippen LogP contribution in [0.4, 0.5) is 5.69 Å². The number of terminal acetylenes is 1. The molecule has 0 aromatic heterocycles. The summed E-state index contributed by atoms with van der Waals surface area (Å²) in [5.41, 5.74) is 6.40. The molecule has 1 unspecified atom stereocenters. The molecule has 0 aliphatic carbocycles. The first-order valence-electron chi connectivity index (χ1n) is 4.36. The van der Waals surface area contributed by atoms with Gasteiger partial charge in [-0.2, -0.15) is 0 Å². The first kappa shape index (κ1) is 11.4. The van der Waals surface area contributed by atoms with E-state index in [0.29, 0.717) is 16.3 Å². The Morgan fingerprint density at radius 3 is 2.87 bits per heavy atom. The van der Waals surface area contributed by atoms with Crippen molar-refractivity contribution in [1.82, 2.24) is 5.32 Å². The van der Waals surface area contributed by atoms with E-state index in [9.17, 15) is 4.79 Å². The minimum atomic E-state index is -0.311. The predicted octanol–water partition coefficient (Wildman–Crippen LogP) is 1.67. The van der Waals surface area contributed by atoms with Gasteiger partial charge in [0.15, 0.2) is 0 Å². The highest BCUT2D eigenvalue weighted by molar-refractivity contribution is 6.33. The maximum atomic E-state index is 11.6. The quantitative estimate of drug-likeness (QED) is 0.591. The highest BCUT2D eigenvalue weighted by Crippen LogP contribution is 2.19. The zero-order chi connectivity index (χ0) is 11.4. The number of anilines is 1. The fraction of sp³-hybridized carbons (Fsp3) is 0.182. The molecule has 0 fully saturated rings. The Kier molecular flexibility index (Phi) is 3.59. The molecule has 78 valence electrons. The molecule has 0 bridgehead atoms. The molecule has 0 radical (unpaired) electrons. The van der Waals surface area contributed by atoms with E-state index in [1.807, 2.05) is 0 Å². The molecule has 1 aromatic carbocycles. The number of benzene rings is 1. The maximum Gasteiger partial charge on any atom is 0.252 e. The third-order valence-corrected chi connectivity index (χ3v) is 2.19. The second-order valence-corrected chi connectivity index (χ2v) is 3.51. The summed E-state index contributed by atoms with van der Waals surface area (Å²) in [5.74, 6) is 2.14. The van der Waals surface area contributed by atoms with Crippen LogP contribution in [0.15, 0.2) is 18.2 Å². The van der Waals surface area contributed by atoms with Crippen molar-refractivity contribution in [1.29, 1.82) is 0 Å². The molecule has 1 rings (SSSR count). The van der Waals surface area contributed by atoms with Crippen LogP contribution in [0.1, 0.15) is 17.3 Å². The molecule has 4 heteroatoms. The van der Waals surface area contributed by atoms with Crippen molar-refractivity contribution in [2.45, 2.75) is 13.0 Å². The van der Waals surface area contributed by atoms with Crippen LogP contribution in [-0.2, 0) is 0 Å². The maximum absolute atomic E-state index is 11.6. The van der Waals surface area contributed by atoms with Gasteiger partial charge in [-0.3, -0.25) is 4.79 Å². The number of nitrogens with one attached hydrogen (secondary N) is 1. The Hall–Kier alpha value is -1.66. The molecular formula is C11H11ClN2O. The lowest BCUT2D eigenvalue weighted by atomic mass is 10.2. The number of nitrogen functional groups attached to an aromatic ring is 1. The highest BCUT2D eigenvalue weighted by Gasteiger charge is 2.09. The third kappa shape index (κ3) is 2.90. The molecule has 0 spiro atoms. The van der Waals surface area contributed by atoms with E-state index in [0.717, 1.165) is 0 Å². The number of halogens is 1. The molecule has 0 aliphatic rings. The number of hydrogen-bond acceptors (Lipinski definition) is 2. The lowest BCUT2D eigenvalue weighted by molar-refractivity contribution is 0.0948. The monoisotopic (exact) mass is 222 g/mol. The molecule has 0 heterocycles. The summed E-state index contributed by atoms with van der Waals surface area (Å²) in [6.45, 7) is 1.72. The number of amides is 1. The summed E-state index contributed by atoms with van der Waals surface area (Å²) in [6, 6.07) is 4.38. The van der Waals surface area contributed by atoms with Crippen LogP contribution in [0.3, 0.4) is 0 Å². The second-order valence-electron chi connectivity index (χ2n) is 3.10. The SMILES string of the molecule is C#CC(C)NC(=O)c1ccc(N)c(Cl)c1. The topological polar surface area (TPSA) is 55.1 Å². The summed E-state index contributed by atoms with van der Waals surface area (Å²) >= 11 is 5.78. The Morgan fingerprint density at radius 2 is 2.33 bits per heavy atom. The van der Waals surface area contributed by atoms with Crippen LogP contribution < -0.4 is 11.1 Å².